The molecule has 29 heavy (non-hydrogen) atoms. The molecule has 7 nitrogen and oxygen atoms in total. The third-order valence-electron chi connectivity index (χ3n) is 5.94. The van der Waals surface area contributed by atoms with Crippen LogP contribution in [-0.4, -0.2) is 87.1 Å². The lowest BCUT2D eigenvalue weighted by Gasteiger charge is -2.34. The van der Waals surface area contributed by atoms with Gasteiger partial charge in [0.05, 0.1) is 5.00 Å². The van der Waals surface area contributed by atoms with E-state index in [1.807, 2.05) is 0 Å². The average Bonchev–Trinajstić information content (AvgIpc) is 3.41. The van der Waals surface area contributed by atoms with Crippen LogP contribution in [-0.2, 0) is 4.79 Å². The second-order valence-corrected chi connectivity index (χ2v) is 9.04. The van der Waals surface area contributed by atoms with Crippen LogP contribution in [0, 0.1) is 0 Å². The Kier molecular flexibility index (Phi) is 8.18. The zero-order valence-corrected chi connectivity index (χ0v) is 18.9. The van der Waals surface area contributed by atoms with Crippen LogP contribution < -0.4 is 15.5 Å². The van der Waals surface area contributed by atoms with Crippen molar-refractivity contribution in [3.8, 4) is 0 Å². The van der Waals surface area contributed by atoms with E-state index in [0.717, 1.165) is 45.0 Å². The molecule has 1 amide bonds. The molecule has 2 saturated heterocycles. The van der Waals surface area contributed by atoms with Gasteiger partial charge in [-0.25, -0.2) is 4.99 Å². The van der Waals surface area contributed by atoms with Crippen molar-refractivity contribution in [3.63, 3.8) is 0 Å². The first kappa shape index (κ1) is 21.9. The fourth-order valence-electron chi connectivity index (χ4n) is 4.09. The molecule has 0 spiro atoms. The number of likely N-dealkylation sites (N-methyl/N-ethyl adjacent to an activating group) is 2. The minimum atomic E-state index is 0.0228. The maximum atomic E-state index is 12.0. The van der Waals surface area contributed by atoms with Crippen molar-refractivity contribution < 1.29 is 4.79 Å². The highest BCUT2D eigenvalue weighted by Crippen LogP contribution is 2.24. The molecule has 1 atom stereocenters. The zero-order valence-electron chi connectivity index (χ0n) is 18.1. The van der Waals surface area contributed by atoms with Gasteiger partial charge in [-0.2, -0.15) is 0 Å². The molecular weight excluding hydrogens is 384 g/mol. The van der Waals surface area contributed by atoms with Crippen molar-refractivity contribution in [3.05, 3.63) is 17.5 Å². The molecule has 1 unspecified atom stereocenters. The quantitative estimate of drug-likeness (QED) is 0.520. The van der Waals surface area contributed by atoms with Gasteiger partial charge in [0, 0.05) is 45.8 Å². The van der Waals surface area contributed by atoms with Gasteiger partial charge in [-0.05, 0) is 56.3 Å². The van der Waals surface area contributed by atoms with Gasteiger partial charge in [0.15, 0.2) is 5.96 Å². The van der Waals surface area contributed by atoms with Crippen LogP contribution in [0.15, 0.2) is 22.5 Å². The first-order valence-electron chi connectivity index (χ1n) is 10.8. The van der Waals surface area contributed by atoms with E-state index in [0.29, 0.717) is 12.1 Å². The Morgan fingerprint density at radius 3 is 2.72 bits per heavy atom. The molecule has 2 aliphatic rings. The highest BCUT2D eigenvalue weighted by molar-refractivity contribution is 7.14. The minimum Gasteiger partial charge on any atom is -0.363 e. The second kappa shape index (κ2) is 10.8. The summed E-state index contributed by atoms with van der Waals surface area (Å²) in [6.07, 6.45) is 4.64. The van der Waals surface area contributed by atoms with E-state index in [2.05, 4.69) is 49.9 Å². The zero-order chi connectivity index (χ0) is 20.6. The molecule has 1 aromatic heterocycles. The average molecular weight is 421 g/mol. The number of anilines is 1. The van der Waals surface area contributed by atoms with Crippen LogP contribution in [0.25, 0.3) is 0 Å². The summed E-state index contributed by atoms with van der Waals surface area (Å²) in [5.41, 5.74) is 0. The summed E-state index contributed by atoms with van der Waals surface area (Å²) < 4.78 is 0. The van der Waals surface area contributed by atoms with Crippen molar-refractivity contribution in [1.82, 2.24) is 20.4 Å². The molecular formula is C21H36N6OS. The monoisotopic (exact) mass is 420 g/mol. The number of nitrogens with zero attached hydrogens (tertiary/aromatic N) is 4. The lowest BCUT2D eigenvalue weighted by atomic mass is 10.1. The van der Waals surface area contributed by atoms with E-state index in [9.17, 15) is 4.79 Å². The van der Waals surface area contributed by atoms with Crippen LogP contribution >= 0.6 is 11.3 Å². The number of piperidine rings is 1. The SMILES string of the molecule is CCN1CCCC1CNC(=NCC(=O)N(C)C)NC1CCN(c2cccs2)CC1. The number of carbonyl (C=O) groups is 1. The summed E-state index contributed by atoms with van der Waals surface area (Å²) in [6, 6.07) is 5.25. The van der Waals surface area contributed by atoms with Crippen molar-refractivity contribution in [2.24, 2.45) is 4.99 Å². The number of rotatable bonds is 7. The number of carbonyl (C=O) groups excluding carboxylic acids is 1. The van der Waals surface area contributed by atoms with Gasteiger partial charge < -0.3 is 20.4 Å². The number of hydrogen-bond acceptors (Lipinski definition) is 5. The van der Waals surface area contributed by atoms with E-state index >= 15 is 0 Å². The Morgan fingerprint density at radius 2 is 2.07 bits per heavy atom. The maximum absolute atomic E-state index is 12.0. The number of nitrogens with one attached hydrogen (secondary N) is 2. The standard InChI is InChI=1S/C21H36N6OS/c1-4-26-11-5-7-18(26)15-22-21(23-16-19(28)25(2)3)24-17-9-12-27(13-10-17)20-8-6-14-29-20/h6,8,14,17-18H,4-5,7,9-13,15-16H2,1-3H3,(H2,22,23,24). The lowest BCUT2D eigenvalue weighted by Crippen LogP contribution is -2.51. The molecule has 8 heteroatoms. The predicted molar refractivity (Wildman–Crippen MR) is 122 cm³/mol. The molecule has 2 aliphatic heterocycles. The molecule has 3 rings (SSSR count). The molecule has 2 N–H and O–H groups in total. The topological polar surface area (TPSA) is 63.2 Å². The number of amides is 1. The van der Waals surface area contributed by atoms with Gasteiger partial charge >= 0.3 is 0 Å². The number of aliphatic imine (C=N–C) groups is 1. The molecule has 3 heterocycles. The molecule has 2 fully saturated rings. The number of thiophene rings is 1. The highest BCUT2D eigenvalue weighted by atomic mass is 32.1. The van der Waals surface area contributed by atoms with Crippen molar-refractivity contribution in [1.29, 1.82) is 0 Å². The summed E-state index contributed by atoms with van der Waals surface area (Å²) in [7, 11) is 3.55. The predicted octanol–water partition coefficient (Wildman–Crippen LogP) is 1.82. The Hall–Kier alpha value is -1.80. The molecule has 0 aromatic carbocycles. The normalized spacial score (nSPS) is 21.4. The summed E-state index contributed by atoms with van der Waals surface area (Å²) in [5, 5.41) is 10.6. The van der Waals surface area contributed by atoms with Gasteiger partial charge in [0.1, 0.15) is 6.54 Å². The molecule has 0 bridgehead atoms. The fourth-order valence-corrected chi connectivity index (χ4v) is 4.87. The van der Waals surface area contributed by atoms with Gasteiger partial charge in [-0.3, -0.25) is 9.69 Å². The van der Waals surface area contributed by atoms with Crippen molar-refractivity contribution >= 4 is 28.2 Å². The van der Waals surface area contributed by atoms with E-state index in [-0.39, 0.29) is 12.5 Å². The van der Waals surface area contributed by atoms with E-state index in [1.54, 1.807) is 30.3 Å². The Balaban J connectivity index is 1.54. The summed E-state index contributed by atoms with van der Waals surface area (Å²) in [6.45, 7) is 7.66. The van der Waals surface area contributed by atoms with Crippen LogP contribution in [0.5, 0.6) is 0 Å². The van der Waals surface area contributed by atoms with Gasteiger partial charge in [-0.15, -0.1) is 11.3 Å². The van der Waals surface area contributed by atoms with E-state index in [1.165, 1.54) is 24.4 Å². The third kappa shape index (κ3) is 6.34. The number of likely N-dealkylation sites (tertiary alicyclic amines) is 1. The second-order valence-electron chi connectivity index (χ2n) is 8.12. The van der Waals surface area contributed by atoms with E-state index < -0.39 is 0 Å². The van der Waals surface area contributed by atoms with Crippen molar-refractivity contribution in [2.75, 3.05) is 58.3 Å². The lowest BCUT2D eigenvalue weighted by molar-refractivity contribution is -0.127. The van der Waals surface area contributed by atoms with Crippen molar-refractivity contribution in [2.45, 2.75) is 44.7 Å². The van der Waals surface area contributed by atoms with Gasteiger partial charge in [0.2, 0.25) is 5.91 Å². The summed E-state index contributed by atoms with van der Waals surface area (Å²) in [4.78, 5) is 23.2. The number of guanidine groups is 1. The minimum absolute atomic E-state index is 0.0228. The fraction of sp³-hybridized carbons (Fsp3) is 0.714. The van der Waals surface area contributed by atoms with E-state index in [4.69, 9.17) is 0 Å². The maximum Gasteiger partial charge on any atom is 0.243 e. The smallest absolute Gasteiger partial charge is 0.243 e. The molecule has 162 valence electrons. The molecule has 0 aliphatic carbocycles. The van der Waals surface area contributed by atoms with Crippen LogP contribution in [0.1, 0.15) is 32.6 Å². The Morgan fingerprint density at radius 1 is 1.28 bits per heavy atom. The first-order valence-corrected chi connectivity index (χ1v) is 11.7. The first-order chi connectivity index (χ1) is 14.1. The third-order valence-corrected chi connectivity index (χ3v) is 6.86. The van der Waals surface area contributed by atoms with Crippen LogP contribution in [0.3, 0.4) is 0 Å². The molecule has 0 radical (unpaired) electrons. The Labute approximate surface area is 179 Å². The Bertz CT molecular complexity index is 654. The molecule has 1 aromatic rings. The van der Waals surface area contributed by atoms with Gasteiger partial charge in [-0.1, -0.05) is 6.92 Å². The number of hydrogen-bond donors (Lipinski definition) is 2. The highest BCUT2D eigenvalue weighted by Gasteiger charge is 2.24. The largest absolute Gasteiger partial charge is 0.363 e. The summed E-state index contributed by atoms with van der Waals surface area (Å²) >= 11 is 1.81. The van der Waals surface area contributed by atoms with Crippen LogP contribution in [0.2, 0.25) is 0 Å². The van der Waals surface area contributed by atoms with Gasteiger partial charge in [0.25, 0.3) is 0 Å². The molecule has 0 saturated carbocycles. The summed E-state index contributed by atoms with van der Waals surface area (Å²) in [5.74, 6) is 0.799. The van der Waals surface area contributed by atoms with Crippen LogP contribution in [0.4, 0.5) is 5.00 Å².